The van der Waals surface area contributed by atoms with Crippen molar-refractivity contribution in [2.45, 2.75) is 6.18 Å². The number of phenolic OH excluding ortho intramolecular Hbond substituents is 1. The van der Waals surface area contributed by atoms with Gasteiger partial charge in [-0.1, -0.05) is 35.9 Å². The first-order valence-corrected chi connectivity index (χ1v) is 7.35. The highest BCUT2D eigenvalue weighted by atomic mass is 35.5. The maximum atomic E-state index is 12.6. The van der Waals surface area contributed by atoms with E-state index < -0.39 is 11.9 Å². The van der Waals surface area contributed by atoms with E-state index in [-0.39, 0.29) is 5.75 Å². The van der Waals surface area contributed by atoms with Crippen LogP contribution in [-0.4, -0.2) is 10.1 Å². The van der Waals surface area contributed by atoms with Gasteiger partial charge in [-0.25, -0.2) is 0 Å². The Morgan fingerprint density at radius 1 is 0.833 bits per heavy atom. The number of halogens is 4. The number of nitrogens with zero attached hydrogens (tertiary/aromatic N) is 1. The third-order valence-corrected chi connectivity index (χ3v) is 3.79. The number of alkyl halides is 3. The van der Waals surface area contributed by atoms with Crippen LogP contribution >= 0.6 is 11.6 Å². The van der Waals surface area contributed by atoms with E-state index in [9.17, 15) is 18.3 Å². The van der Waals surface area contributed by atoms with Crippen LogP contribution in [0, 0.1) is 0 Å². The van der Waals surface area contributed by atoms with Crippen LogP contribution in [0.25, 0.3) is 22.3 Å². The zero-order valence-corrected chi connectivity index (χ0v) is 12.9. The van der Waals surface area contributed by atoms with E-state index in [0.29, 0.717) is 16.1 Å². The fourth-order valence-electron chi connectivity index (χ4n) is 2.31. The summed E-state index contributed by atoms with van der Waals surface area (Å²) in [5, 5.41) is 10.6. The van der Waals surface area contributed by atoms with Gasteiger partial charge in [0.25, 0.3) is 0 Å². The molecule has 0 atom stereocenters. The van der Waals surface area contributed by atoms with E-state index in [4.69, 9.17) is 11.6 Å². The molecule has 0 bridgehead atoms. The number of rotatable bonds is 2. The Morgan fingerprint density at radius 2 is 1.46 bits per heavy atom. The van der Waals surface area contributed by atoms with Gasteiger partial charge in [0, 0.05) is 22.3 Å². The molecule has 0 amide bonds. The molecule has 0 fully saturated rings. The Balaban J connectivity index is 2.02. The van der Waals surface area contributed by atoms with Crippen molar-refractivity contribution >= 4 is 11.6 Å². The fourth-order valence-corrected chi connectivity index (χ4v) is 2.44. The third kappa shape index (κ3) is 3.36. The van der Waals surface area contributed by atoms with Gasteiger partial charge in [-0.05, 0) is 41.5 Å². The van der Waals surface area contributed by atoms with Crippen molar-refractivity contribution in [1.82, 2.24) is 4.98 Å². The summed E-state index contributed by atoms with van der Waals surface area (Å²) in [6.45, 7) is 0. The number of hydrogen-bond acceptors (Lipinski definition) is 2. The Hall–Kier alpha value is -2.53. The molecule has 3 aromatic rings. The lowest BCUT2D eigenvalue weighted by molar-refractivity contribution is -0.141. The molecule has 3 rings (SSSR count). The van der Waals surface area contributed by atoms with Crippen molar-refractivity contribution in [2.24, 2.45) is 0 Å². The maximum absolute atomic E-state index is 12.6. The van der Waals surface area contributed by atoms with Crippen molar-refractivity contribution in [3.63, 3.8) is 0 Å². The average Bonchev–Trinajstić information content (AvgIpc) is 2.55. The van der Waals surface area contributed by atoms with Gasteiger partial charge in [0.05, 0.1) is 0 Å². The SMILES string of the molecule is Oc1ccc(-c2ccc(Cl)cc2)cc1-c1ccc(C(F)(F)F)nc1. The van der Waals surface area contributed by atoms with Crippen molar-refractivity contribution in [2.75, 3.05) is 0 Å². The first kappa shape index (κ1) is 16.3. The van der Waals surface area contributed by atoms with E-state index in [1.165, 1.54) is 12.1 Å². The molecule has 0 saturated heterocycles. The molecular weight excluding hydrogens is 339 g/mol. The molecule has 1 heterocycles. The standard InChI is InChI=1S/C18H11ClF3NO/c19-14-5-1-11(2-6-14)12-3-7-16(24)15(9-12)13-4-8-17(23-10-13)18(20,21)22/h1-10,24H. The van der Waals surface area contributed by atoms with Crippen molar-refractivity contribution in [3.05, 3.63) is 71.5 Å². The summed E-state index contributed by atoms with van der Waals surface area (Å²) in [6, 6.07) is 14.2. The summed E-state index contributed by atoms with van der Waals surface area (Å²) in [5.74, 6) is -0.0331. The Bertz CT molecular complexity index is 859. The van der Waals surface area contributed by atoms with E-state index in [1.54, 1.807) is 24.3 Å². The Kier molecular flexibility index (Phi) is 4.20. The fraction of sp³-hybridized carbons (Fsp3) is 0.0556. The zero-order chi connectivity index (χ0) is 17.3. The third-order valence-electron chi connectivity index (χ3n) is 3.54. The van der Waals surface area contributed by atoms with Crippen LogP contribution in [0.2, 0.25) is 5.02 Å². The number of aromatic hydroxyl groups is 1. The van der Waals surface area contributed by atoms with Crippen molar-refractivity contribution in [1.29, 1.82) is 0 Å². The minimum atomic E-state index is -4.49. The minimum absolute atomic E-state index is 0.0331. The van der Waals surface area contributed by atoms with E-state index >= 15 is 0 Å². The molecule has 0 spiro atoms. The summed E-state index contributed by atoms with van der Waals surface area (Å²) in [4.78, 5) is 3.43. The number of hydrogen-bond donors (Lipinski definition) is 1. The highest BCUT2D eigenvalue weighted by Gasteiger charge is 2.32. The highest BCUT2D eigenvalue weighted by Crippen LogP contribution is 2.35. The highest BCUT2D eigenvalue weighted by molar-refractivity contribution is 6.30. The smallest absolute Gasteiger partial charge is 0.433 e. The number of benzene rings is 2. The number of aromatic nitrogens is 1. The first-order valence-electron chi connectivity index (χ1n) is 6.97. The molecule has 6 heteroatoms. The summed E-state index contributed by atoms with van der Waals surface area (Å²) >= 11 is 5.86. The molecule has 0 saturated carbocycles. The predicted molar refractivity (Wildman–Crippen MR) is 86.8 cm³/mol. The van der Waals surface area contributed by atoms with E-state index in [2.05, 4.69) is 4.98 Å². The second-order valence-electron chi connectivity index (χ2n) is 5.17. The van der Waals surface area contributed by atoms with Gasteiger partial charge in [0.15, 0.2) is 0 Å². The maximum Gasteiger partial charge on any atom is 0.433 e. The van der Waals surface area contributed by atoms with Crippen LogP contribution in [0.4, 0.5) is 13.2 Å². The summed E-state index contributed by atoms with van der Waals surface area (Å²) in [6.07, 6.45) is -3.39. The lowest BCUT2D eigenvalue weighted by Crippen LogP contribution is -2.07. The lowest BCUT2D eigenvalue weighted by Gasteiger charge is -2.10. The molecule has 0 unspecified atom stereocenters. The second-order valence-corrected chi connectivity index (χ2v) is 5.61. The van der Waals surface area contributed by atoms with E-state index in [1.807, 2.05) is 12.1 Å². The molecule has 2 nitrogen and oxygen atoms in total. The van der Waals surface area contributed by atoms with Gasteiger partial charge in [-0.2, -0.15) is 13.2 Å². The van der Waals surface area contributed by atoms with Crippen LogP contribution in [0.3, 0.4) is 0 Å². The topological polar surface area (TPSA) is 33.1 Å². The van der Waals surface area contributed by atoms with Crippen LogP contribution in [0.1, 0.15) is 5.69 Å². The number of pyridine rings is 1. The number of phenols is 1. The van der Waals surface area contributed by atoms with Gasteiger partial charge >= 0.3 is 6.18 Å². The summed E-state index contributed by atoms with van der Waals surface area (Å²) < 4.78 is 37.8. The Labute approximate surface area is 141 Å². The van der Waals surface area contributed by atoms with Crippen LogP contribution in [0.15, 0.2) is 60.8 Å². The minimum Gasteiger partial charge on any atom is -0.507 e. The van der Waals surface area contributed by atoms with Crippen LogP contribution in [-0.2, 0) is 6.18 Å². The van der Waals surface area contributed by atoms with Crippen LogP contribution in [0.5, 0.6) is 5.75 Å². The zero-order valence-electron chi connectivity index (χ0n) is 12.2. The molecular formula is C18H11ClF3NO. The van der Waals surface area contributed by atoms with Crippen LogP contribution < -0.4 is 0 Å². The molecule has 0 aliphatic carbocycles. The molecule has 1 N–H and O–H groups in total. The molecule has 0 aliphatic heterocycles. The summed E-state index contributed by atoms with van der Waals surface area (Å²) in [7, 11) is 0. The van der Waals surface area contributed by atoms with E-state index in [0.717, 1.165) is 23.4 Å². The van der Waals surface area contributed by atoms with Gasteiger partial charge in [-0.3, -0.25) is 4.98 Å². The van der Waals surface area contributed by atoms with Gasteiger partial charge in [-0.15, -0.1) is 0 Å². The Morgan fingerprint density at radius 3 is 2.04 bits per heavy atom. The van der Waals surface area contributed by atoms with Gasteiger partial charge in [0.1, 0.15) is 11.4 Å². The quantitative estimate of drug-likeness (QED) is 0.635. The predicted octanol–water partition coefficient (Wildman–Crippen LogP) is 5.79. The lowest BCUT2D eigenvalue weighted by atomic mass is 9.99. The molecule has 24 heavy (non-hydrogen) atoms. The van der Waals surface area contributed by atoms with Crippen molar-refractivity contribution < 1.29 is 18.3 Å². The molecule has 0 radical (unpaired) electrons. The largest absolute Gasteiger partial charge is 0.507 e. The average molecular weight is 350 g/mol. The molecule has 0 aliphatic rings. The molecule has 2 aromatic carbocycles. The molecule has 122 valence electrons. The van der Waals surface area contributed by atoms with Gasteiger partial charge < -0.3 is 5.11 Å². The van der Waals surface area contributed by atoms with Crippen molar-refractivity contribution in [3.8, 4) is 28.0 Å². The first-order chi connectivity index (χ1) is 11.3. The second kappa shape index (κ2) is 6.17. The monoisotopic (exact) mass is 349 g/mol. The summed E-state index contributed by atoms with van der Waals surface area (Å²) in [5.41, 5.74) is 1.51. The molecule has 1 aromatic heterocycles. The van der Waals surface area contributed by atoms with Gasteiger partial charge in [0.2, 0.25) is 0 Å². The normalized spacial score (nSPS) is 11.5.